The van der Waals surface area contributed by atoms with Gasteiger partial charge >= 0.3 is 0 Å². The van der Waals surface area contributed by atoms with Crippen molar-refractivity contribution in [1.82, 2.24) is 14.9 Å². The molecule has 0 unspecified atom stereocenters. The van der Waals surface area contributed by atoms with Crippen LogP contribution in [-0.2, 0) is 0 Å². The van der Waals surface area contributed by atoms with Gasteiger partial charge in [0.2, 0.25) is 0 Å². The van der Waals surface area contributed by atoms with E-state index in [0.29, 0.717) is 12.1 Å². The molecule has 0 amide bonds. The SMILES string of the molecule is CC(C)Nc1ccnc(-c2ccc([C@H](C)N3CCCC3)cc2)n1. The molecule has 3 rings (SSSR count). The number of hydrogen-bond donors (Lipinski definition) is 1. The van der Waals surface area contributed by atoms with Gasteiger partial charge in [-0.1, -0.05) is 24.3 Å². The predicted octanol–water partition coefficient (Wildman–Crippen LogP) is 4.12. The zero-order valence-electron chi connectivity index (χ0n) is 14.3. The van der Waals surface area contributed by atoms with Crippen LogP contribution in [0.3, 0.4) is 0 Å². The summed E-state index contributed by atoms with van der Waals surface area (Å²) < 4.78 is 0. The van der Waals surface area contributed by atoms with Crippen LogP contribution in [0, 0.1) is 0 Å². The van der Waals surface area contributed by atoms with Gasteiger partial charge in [0.15, 0.2) is 5.82 Å². The minimum Gasteiger partial charge on any atom is -0.368 e. The molecule has 0 aliphatic carbocycles. The van der Waals surface area contributed by atoms with Crippen LogP contribution < -0.4 is 5.32 Å². The van der Waals surface area contributed by atoms with Gasteiger partial charge in [-0.25, -0.2) is 9.97 Å². The Hall–Kier alpha value is -1.94. The van der Waals surface area contributed by atoms with Gasteiger partial charge in [-0.15, -0.1) is 0 Å². The zero-order chi connectivity index (χ0) is 16.2. The fraction of sp³-hybridized carbons (Fsp3) is 0.474. The highest BCUT2D eigenvalue weighted by molar-refractivity contribution is 5.57. The predicted molar refractivity (Wildman–Crippen MR) is 95.4 cm³/mol. The summed E-state index contributed by atoms with van der Waals surface area (Å²) in [6, 6.07) is 11.5. The summed E-state index contributed by atoms with van der Waals surface area (Å²) in [5.41, 5.74) is 2.43. The summed E-state index contributed by atoms with van der Waals surface area (Å²) in [6.07, 6.45) is 4.46. The van der Waals surface area contributed by atoms with Crippen molar-refractivity contribution in [1.29, 1.82) is 0 Å². The summed E-state index contributed by atoms with van der Waals surface area (Å²) in [4.78, 5) is 11.6. The first-order valence-corrected chi connectivity index (χ1v) is 8.57. The van der Waals surface area contributed by atoms with Gasteiger partial charge in [-0.3, -0.25) is 4.90 Å². The third kappa shape index (κ3) is 3.88. The second-order valence-electron chi connectivity index (χ2n) is 6.61. The van der Waals surface area contributed by atoms with Crippen LogP contribution in [0.2, 0.25) is 0 Å². The summed E-state index contributed by atoms with van der Waals surface area (Å²) >= 11 is 0. The lowest BCUT2D eigenvalue weighted by Gasteiger charge is -2.24. The van der Waals surface area contributed by atoms with Crippen LogP contribution >= 0.6 is 0 Å². The van der Waals surface area contributed by atoms with Crippen LogP contribution in [0.5, 0.6) is 0 Å². The Morgan fingerprint density at radius 1 is 1.00 bits per heavy atom. The number of hydrogen-bond acceptors (Lipinski definition) is 4. The second-order valence-corrected chi connectivity index (χ2v) is 6.61. The Morgan fingerprint density at radius 2 is 1.70 bits per heavy atom. The molecule has 1 atom stereocenters. The average Bonchev–Trinajstić information content (AvgIpc) is 3.08. The van der Waals surface area contributed by atoms with Gasteiger partial charge in [0.05, 0.1) is 0 Å². The molecule has 0 radical (unpaired) electrons. The molecule has 4 nitrogen and oxygen atoms in total. The highest BCUT2D eigenvalue weighted by Crippen LogP contribution is 2.26. The molecule has 4 heteroatoms. The lowest BCUT2D eigenvalue weighted by molar-refractivity contribution is 0.263. The Morgan fingerprint density at radius 3 is 2.35 bits per heavy atom. The van der Waals surface area contributed by atoms with E-state index in [0.717, 1.165) is 17.2 Å². The van der Waals surface area contributed by atoms with Gasteiger partial charge in [0, 0.05) is 23.8 Å². The van der Waals surface area contributed by atoms with Crippen molar-refractivity contribution in [2.24, 2.45) is 0 Å². The minimum absolute atomic E-state index is 0.362. The van der Waals surface area contributed by atoms with Crippen molar-refractivity contribution < 1.29 is 0 Å². The number of rotatable bonds is 5. The molecule has 2 aromatic rings. The number of nitrogens with one attached hydrogen (secondary N) is 1. The number of nitrogens with zero attached hydrogens (tertiary/aromatic N) is 3. The van der Waals surface area contributed by atoms with E-state index < -0.39 is 0 Å². The first-order valence-electron chi connectivity index (χ1n) is 8.57. The van der Waals surface area contributed by atoms with Crippen molar-refractivity contribution in [3.05, 3.63) is 42.1 Å². The van der Waals surface area contributed by atoms with E-state index in [1.54, 1.807) is 0 Å². The Balaban J connectivity index is 1.76. The third-order valence-electron chi connectivity index (χ3n) is 4.43. The van der Waals surface area contributed by atoms with E-state index in [2.05, 4.69) is 65.2 Å². The maximum absolute atomic E-state index is 4.60. The number of anilines is 1. The van der Waals surface area contributed by atoms with Crippen molar-refractivity contribution in [2.45, 2.75) is 45.7 Å². The fourth-order valence-electron chi connectivity index (χ4n) is 3.12. The molecule has 2 heterocycles. The molecule has 1 saturated heterocycles. The zero-order valence-corrected chi connectivity index (χ0v) is 14.3. The van der Waals surface area contributed by atoms with E-state index in [1.165, 1.54) is 31.5 Å². The highest BCUT2D eigenvalue weighted by atomic mass is 15.2. The summed E-state index contributed by atoms with van der Waals surface area (Å²) in [5.74, 6) is 1.65. The molecular formula is C19H26N4. The Labute approximate surface area is 139 Å². The van der Waals surface area contributed by atoms with Crippen LogP contribution in [0.4, 0.5) is 5.82 Å². The molecule has 1 fully saturated rings. The van der Waals surface area contributed by atoms with Crippen molar-refractivity contribution in [3.8, 4) is 11.4 Å². The number of benzene rings is 1. The lowest BCUT2D eigenvalue weighted by atomic mass is 10.0. The topological polar surface area (TPSA) is 41.1 Å². The van der Waals surface area contributed by atoms with Crippen LogP contribution in [-0.4, -0.2) is 34.0 Å². The van der Waals surface area contributed by atoms with Crippen molar-refractivity contribution >= 4 is 5.82 Å². The van der Waals surface area contributed by atoms with Gasteiger partial charge in [0.25, 0.3) is 0 Å². The van der Waals surface area contributed by atoms with Crippen molar-refractivity contribution in [2.75, 3.05) is 18.4 Å². The van der Waals surface area contributed by atoms with E-state index >= 15 is 0 Å². The molecule has 1 aromatic heterocycles. The van der Waals surface area contributed by atoms with Gasteiger partial charge in [0.1, 0.15) is 5.82 Å². The molecule has 1 N–H and O–H groups in total. The van der Waals surface area contributed by atoms with Gasteiger partial charge in [-0.2, -0.15) is 0 Å². The molecular weight excluding hydrogens is 284 g/mol. The molecule has 0 bridgehead atoms. The first kappa shape index (κ1) is 15.9. The van der Waals surface area contributed by atoms with Gasteiger partial charge in [-0.05, 0) is 58.3 Å². The first-order chi connectivity index (χ1) is 11.1. The maximum Gasteiger partial charge on any atom is 0.161 e. The van der Waals surface area contributed by atoms with Crippen LogP contribution in [0.15, 0.2) is 36.5 Å². The molecule has 1 aromatic carbocycles. The third-order valence-corrected chi connectivity index (χ3v) is 4.43. The molecule has 0 saturated carbocycles. The smallest absolute Gasteiger partial charge is 0.161 e. The molecule has 122 valence electrons. The normalized spacial score (nSPS) is 16.7. The van der Waals surface area contributed by atoms with E-state index in [9.17, 15) is 0 Å². The summed E-state index contributed by atoms with van der Waals surface area (Å²) in [6.45, 7) is 8.94. The van der Waals surface area contributed by atoms with Crippen LogP contribution in [0.1, 0.15) is 45.2 Å². The molecule has 23 heavy (non-hydrogen) atoms. The highest BCUT2D eigenvalue weighted by Gasteiger charge is 2.19. The number of likely N-dealkylation sites (tertiary alicyclic amines) is 1. The van der Waals surface area contributed by atoms with Crippen molar-refractivity contribution in [3.63, 3.8) is 0 Å². The summed E-state index contributed by atoms with van der Waals surface area (Å²) in [5, 5.41) is 3.32. The van der Waals surface area contributed by atoms with Gasteiger partial charge < -0.3 is 5.32 Å². The second kappa shape index (κ2) is 7.09. The monoisotopic (exact) mass is 310 g/mol. The quantitative estimate of drug-likeness (QED) is 0.902. The van der Waals surface area contributed by atoms with E-state index in [-0.39, 0.29) is 0 Å². The van der Waals surface area contributed by atoms with E-state index in [1.807, 2.05) is 12.3 Å². The molecule has 1 aliphatic rings. The molecule has 0 spiro atoms. The average molecular weight is 310 g/mol. The standard InChI is InChI=1S/C19H26N4/c1-14(2)21-18-10-11-20-19(22-18)17-8-6-16(7-9-17)15(3)23-12-4-5-13-23/h6-11,14-15H,4-5,12-13H2,1-3H3,(H,20,21,22)/t15-/m0/s1. The van der Waals surface area contributed by atoms with Crippen LogP contribution in [0.25, 0.3) is 11.4 Å². The maximum atomic E-state index is 4.60. The Kier molecular flexibility index (Phi) is 4.91. The van der Waals surface area contributed by atoms with E-state index in [4.69, 9.17) is 0 Å². The summed E-state index contributed by atoms with van der Waals surface area (Å²) in [7, 11) is 0. The fourth-order valence-corrected chi connectivity index (χ4v) is 3.12. The minimum atomic E-state index is 0.362. The Bertz CT molecular complexity index is 630. The molecule has 1 aliphatic heterocycles. The lowest BCUT2D eigenvalue weighted by Crippen LogP contribution is -2.23. The largest absolute Gasteiger partial charge is 0.368 e. The number of aromatic nitrogens is 2.